The molecular weight excluding hydrogens is 239 g/mol. The van der Waals surface area contributed by atoms with Crippen LogP contribution in [0.4, 0.5) is 4.39 Å². The second-order valence-corrected chi connectivity index (χ2v) is 4.48. The zero-order valence-corrected chi connectivity index (χ0v) is 10.7. The zero-order chi connectivity index (χ0) is 13.0. The Morgan fingerprint density at radius 3 is 2.65 bits per heavy atom. The number of benzene rings is 1. The maximum atomic E-state index is 13.2. The van der Waals surface area contributed by atoms with E-state index in [0.717, 1.165) is 5.56 Å². The molecule has 2 N–H and O–H groups in total. The number of nitrogens with zero attached hydrogens (tertiary/aromatic N) is 1. The fraction of sp³-hybridized carbons (Fsp3) is 0.333. The summed E-state index contributed by atoms with van der Waals surface area (Å²) >= 11 is 4.74. The lowest BCUT2D eigenvalue weighted by atomic mass is 10.1. The van der Waals surface area contributed by atoms with Crippen molar-refractivity contribution in [1.29, 1.82) is 0 Å². The molecule has 17 heavy (non-hydrogen) atoms. The van der Waals surface area contributed by atoms with Gasteiger partial charge in [-0.3, -0.25) is 4.79 Å². The molecule has 92 valence electrons. The largest absolute Gasteiger partial charge is 0.393 e. The third kappa shape index (κ3) is 4.11. The van der Waals surface area contributed by atoms with E-state index in [2.05, 4.69) is 0 Å². The predicted octanol–water partition coefficient (Wildman–Crippen LogP) is 1.88. The highest BCUT2D eigenvalue weighted by Crippen LogP contribution is 2.10. The van der Waals surface area contributed by atoms with Crippen LogP contribution in [0.15, 0.2) is 18.2 Å². The summed E-state index contributed by atoms with van der Waals surface area (Å²) in [6.07, 6.45) is 0.464. The first-order chi connectivity index (χ1) is 7.90. The smallest absolute Gasteiger partial charge is 0.253 e. The van der Waals surface area contributed by atoms with Crippen LogP contribution >= 0.6 is 12.2 Å². The van der Waals surface area contributed by atoms with E-state index >= 15 is 0 Å². The predicted molar refractivity (Wildman–Crippen MR) is 69.5 cm³/mol. The number of carbonyl (C=O) groups is 1. The summed E-state index contributed by atoms with van der Waals surface area (Å²) in [7, 11) is 1.64. The van der Waals surface area contributed by atoms with Crippen LogP contribution in [0.1, 0.15) is 22.3 Å². The van der Waals surface area contributed by atoms with Crippen molar-refractivity contribution in [2.75, 3.05) is 13.6 Å². The van der Waals surface area contributed by atoms with Crippen LogP contribution in [-0.2, 0) is 0 Å². The van der Waals surface area contributed by atoms with Crippen LogP contribution in [-0.4, -0.2) is 29.4 Å². The van der Waals surface area contributed by atoms with Crippen molar-refractivity contribution in [3.8, 4) is 0 Å². The van der Waals surface area contributed by atoms with Crippen LogP contribution in [0.25, 0.3) is 0 Å². The molecule has 0 saturated heterocycles. The second kappa shape index (κ2) is 5.72. The van der Waals surface area contributed by atoms with Crippen LogP contribution in [0.5, 0.6) is 0 Å². The second-order valence-electron chi connectivity index (χ2n) is 3.96. The minimum absolute atomic E-state index is 0.233. The van der Waals surface area contributed by atoms with E-state index in [4.69, 9.17) is 18.0 Å². The summed E-state index contributed by atoms with van der Waals surface area (Å²) in [6, 6.07) is 4.26. The van der Waals surface area contributed by atoms with E-state index < -0.39 is 5.82 Å². The summed E-state index contributed by atoms with van der Waals surface area (Å²) in [5.74, 6) is -0.639. The van der Waals surface area contributed by atoms with Gasteiger partial charge in [0.05, 0.1) is 4.99 Å². The van der Waals surface area contributed by atoms with Gasteiger partial charge in [0.25, 0.3) is 5.91 Å². The minimum atomic E-state index is -0.406. The molecule has 0 heterocycles. The monoisotopic (exact) mass is 254 g/mol. The molecule has 0 saturated carbocycles. The fourth-order valence-corrected chi connectivity index (χ4v) is 1.55. The summed E-state index contributed by atoms with van der Waals surface area (Å²) in [6.45, 7) is 2.18. The summed E-state index contributed by atoms with van der Waals surface area (Å²) in [4.78, 5) is 13.8. The van der Waals surface area contributed by atoms with Gasteiger partial charge in [-0.2, -0.15) is 0 Å². The molecule has 0 aliphatic heterocycles. The van der Waals surface area contributed by atoms with Gasteiger partial charge in [-0.15, -0.1) is 0 Å². The maximum absolute atomic E-state index is 13.2. The third-order valence-electron chi connectivity index (χ3n) is 2.33. The lowest BCUT2D eigenvalue weighted by Crippen LogP contribution is -2.30. The highest BCUT2D eigenvalue weighted by Gasteiger charge is 2.12. The highest BCUT2D eigenvalue weighted by molar-refractivity contribution is 7.80. The number of amides is 1. The van der Waals surface area contributed by atoms with Crippen LogP contribution in [0.2, 0.25) is 0 Å². The molecule has 0 atom stereocenters. The van der Waals surface area contributed by atoms with Gasteiger partial charge < -0.3 is 10.6 Å². The van der Waals surface area contributed by atoms with Crippen molar-refractivity contribution in [2.45, 2.75) is 13.3 Å². The van der Waals surface area contributed by atoms with Crippen molar-refractivity contribution in [1.82, 2.24) is 4.90 Å². The standard InChI is InChI=1S/C12H15FN2OS/c1-8-5-9(7-10(13)6-8)12(16)15(2)4-3-11(14)17/h5-7H,3-4H2,1-2H3,(H2,14,17). The van der Waals surface area contributed by atoms with Gasteiger partial charge in [-0.25, -0.2) is 4.39 Å². The van der Waals surface area contributed by atoms with Crippen molar-refractivity contribution in [3.05, 3.63) is 35.1 Å². The van der Waals surface area contributed by atoms with Gasteiger partial charge in [0.2, 0.25) is 0 Å². The Morgan fingerprint density at radius 2 is 2.12 bits per heavy atom. The SMILES string of the molecule is Cc1cc(F)cc(C(=O)N(C)CCC(N)=S)c1. The molecule has 0 aromatic heterocycles. The molecule has 1 amide bonds. The maximum Gasteiger partial charge on any atom is 0.253 e. The molecule has 3 nitrogen and oxygen atoms in total. The van der Waals surface area contributed by atoms with Crippen molar-refractivity contribution < 1.29 is 9.18 Å². The molecular formula is C12H15FN2OS. The van der Waals surface area contributed by atoms with Gasteiger partial charge in [0, 0.05) is 25.6 Å². The van der Waals surface area contributed by atoms with Gasteiger partial charge in [-0.1, -0.05) is 12.2 Å². The fourth-order valence-electron chi connectivity index (χ4n) is 1.46. The number of rotatable bonds is 4. The number of halogens is 1. The molecule has 0 aliphatic carbocycles. The highest BCUT2D eigenvalue weighted by atomic mass is 32.1. The lowest BCUT2D eigenvalue weighted by Gasteiger charge is -2.17. The average molecular weight is 254 g/mol. The van der Waals surface area contributed by atoms with Crippen molar-refractivity contribution >= 4 is 23.1 Å². The Bertz CT molecular complexity index is 428. The molecule has 0 spiro atoms. The Labute approximate surface area is 105 Å². The van der Waals surface area contributed by atoms with Crippen molar-refractivity contribution in [2.24, 2.45) is 5.73 Å². The molecule has 0 aliphatic rings. The Kier molecular flexibility index (Phi) is 4.57. The summed E-state index contributed by atoms with van der Waals surface area (Å²) in [5.41, 5.74) is 6.42. The van der Waals surface area contributed by atoms with Crippen LogP contribution in [0, 0.1) is 12.7 Å². The first kappa shape index (κ1) is 13.6. The number of aryl methyl sites for hydroxylation is 1. The van der Waals surface area contributed by atoms with Gasteiger partial charge in [0.1, 0.15) is 5.82 Å². The number of hydrogen-bond donors (Lipinski definition) is 1. The quantitative estimate of drug-likeness (QED) is 0.835. The normalized spacial score (nSPS) is 10.1. The average Bonchev–Trinajstić information content (AvgIpc) is 2.23. The van der Waals surface area contributed by atoms with Gasteiger partial charge in [0.15, 0.2) is 0 Å². The molecule has 0 unspecified atom stereocenters. The molecule has 0 fully saturated rings. The topological polar surface area (TPSA) is 46.3 Å². The van der Waals surface area contributed by atoms with Crippen LogP contribution in [0.3, 0.4) is 0 Å². The zero-order valence-electron chi connectivity index (χ0n) is 9.87. The van der Waals surface area contributed by atoms with Gasteiger partial charge >= 0.3 is 0 Å². The van der Waals surface area contributed by atoms with E-state index in [1.807, 2.05) is 0 Å². The first-order valence-corrected chi connectivity index (χ1v) is 5.62. The van der Waals surface area contributed by atoms with E-state index in [1.165, 1.54) is 17.0 Å². The lowest BCUT2D eigenvalue weighted by molar-refractivity contribution is 0.0798. The molecule has 1 rings (SSSR count). The Hall–Kier alpha value is -1.49. The Morgan fingerprint density at radius 1 is 1.47 bits per heavy atom. The van der Waals surface area contributed by atoms with Gasteiger partial charge in [-0.05, 0) is 30.7 Å². The Balaban J connectivity index is 2.77. The molecule has 0 bridgehead atoms. The number of nitrogens with two attached hydrogens (primary N) is 1. The van der Waals surface area contributed by atoms with E-state index in [-0.39, 0.29) is 5.91 Å². The summed E-state index contributed by atoms with van der Waals surface area (Å²) < 4.78 is 13.2. The van der Waals surface area contributed by atoms with Crippen molar-refractivity contribution in [3.63, 3.8) is 0 Å². The molecule has 5 heteroatoms. The number of carbonyl (C=O) groups excluding carboxylic acids is 1. The van der Waals surface area contributed by atoms with E-state index in [0.29, 0.717) is 23.5 Å². The number of hydrogen-bond acceptors (Lipinski definition) is 2. The van der Waals surface area contributed by atoms with E-state index in [9.17, 15) is 9.18 Å². The molecule has 1 aromatic carbocycles. The minimum Gasteiger partial charge on any atom is -0.393 e. The van der Waals surface area contributed by atoms with Crippen LogP contribution < -0.4 is 5.73 Å². The summed E-state index contributed by atoms with van der Waals surface area (Å²) in [5, 5.41) is 0. The molecule has 0 radical (unpaired) electrons. The van der Waals surface area contributed by atoms with E-state index in [1.54, 1.807) is 20.0 Å². The third-order valence-corrected chi connectivity index (χ3v) is 2.53. The number of thiocarbonyl (C=S) groups is 1. The molecule has 1 aromatic rings. The first-order valence-electron chi connectivity index (χ1n) is 5.21.